The van der Waals surface area contributed by atoms with E-state index in [2.05, 4.69) is 41.7 Å². The number of benzene rings is 5. The van der Waals surface area contributed by atoms with Crippen molar-refractivity contribution in [2.24, 2.45) is 20.5 Å². The number of nitrogens with zero attached hydrogens (tertiary/aromatic N) is 4. The van der Waals surface area contributed by atoms with E-state index < -0.39 is 47.3 Å². The first-order valence-electron chi connectivity index (χ1n) is 17.6. The van der Waals surface area contributed by atoms with Gasteiger partial charge in [0.05, 0.1) is 21.2 Å². The van der Waals surface area contributed by atoms with E-state index in [0.717, 1.165) is 0 Å². The standard InChI is InChI=1S/C42H36Cl2N8O6/c1-23-21-34(48-42(58)38(26(4)54)52-50-32-20-12-18-30(36(32)44)40(56)46-28-15-9-6-10-16-28)24(2)22-33(23)47-41(57)37(25(3)53)51-49-31-19-11-17-29(35(31)43)39(55)45-27-13-7-5-8-14-27/h5-22,37-38H,1-4H3,(H,45,55)(H,46,56)(H,47,57)(H,48,58). The summed E-state index contributed by atoms with van der Waals surface area (Å²) in [4.78, 5) is 77.5. The van der Waals surface area contributed by atoms with E-state index in [-0.39, 0.29) is 32.5 Å². The van der Waals surface area contributed by atoms with Gasteiger partial charge in [-0.15, -0.1) is 0 Å². The van der Waals surface area contributed by atoms with Crippen molar-refractivity contribution in [2.45, 2.75) is 39.8 Å². The highest BCUT2D eigenvalue weighted by atomic mass is 35.5. The number of para-hydroxylation sites is 2. The number of hydrogen-bond donors (Lipinski definition) is 4. The topological polar surface area (TPSA) is 200 Å². The Morgan fingerprint density at radius 2 is 0.862 bits per heavy atom. The molecule has 0 bridgehead atoms. The van der Waals surface area contributed by atoms with Crippen molar-refractivity contribution in [3.8, 4) is 0 Å². The van der Waals surface area contributed by atoms with Gasteiger partial charge in [-0.2, -0.15) is 20.5 Å². The highest BCUT2D eigenvalue weighted by molar-refractivity contribution is 6.37. The number of aryl methyl sites for hydroxylation is 2. The SMILES string of the molecule is CC(=O)C(N=Nc1cccc(C(=O)Nc2ccccc2)c1Cl)C(=O)Nc1cc(C)c(NC(=O)C(N=Nc2cccc(C(=O)Nc3ccccc3)c2Cl)C(C)=O)cc1C. The quantitative estimate of drug-likeness (QED) is 0.0635. The first kappa shape index (κ1) is 42.2. The summed E-state index contributed by atoms with van der Waals surface area (Å²) in [6.45, 7) is 5.68. The number of carbonyl (C=O) groups is 6. The van der Waals surface area contributed by atoms with Crippen LogP contribution in [0.4, 0.5) is 34.1 Å². The minimum Gasteiger partial charge on any atom is -0.324 e. The van der Waals surface area contributed by atoms with Crippen LogP contribution in [0.3, 0.4) is 0 Å². The molecule has 2 atom stereocenters. The second kappa shape index (κ2) is 19.3. The molecular formula is C42H36Cl2N8O6. The third-order valence-corrected chi connectivity index (χ3v) is 9.22. The molecular weight excluding hydrogens is 783 g/mol. The number of nitrogens with one attached hydrogen (secondary N) is 4. The van der Waals surface area contributed by atoms with Gasteiger partial charge in [0.15, 0.2) is 11.6 Å². The Balaban J connectivity index is 1.26. The Morgan fingerprint density at radius 3 is 1.21 bits per heavy atom. The molecule has 5 rings (SSSR count). The van der Waals surface area contributed by atoms with Gasteiger partial charge < -0.3 is 21.3 Å². The largest absolute Gasteiger partial charge is 0.324 e. The molecule has 5 aromatic rings. The van der Waals surface area contributed by atoms with Gasteiger partial charge in [0.1, 0.15) is 11.4 Å². The maximum absolute atomic E-state index is 13.3. The minimum absolute atomic E-state index is 0.0263. The van der Waals surface area contributed by atoms with Crippen LogP contribution in [0.15, 0.2) is 130 Å². The molecule has 0 saturated heterocycles. The number of carbonyl (C=O) groups excluding carboxylic acids is 6. The van der Waals surface area contributed by atoms with Crippen molar-refractivity contribution < 1.29 is 28.8 Å². The van der Waals surface area contributed by atoms with Crippen LogP contribution in [-0.2, 0) is 19.2 Å². The Bertz CT molecular complexity index is 2290. The van der Waals surface area contributed by atoms with Gasteiger partial charge in [-0.05, 0) is 99.5 Å². The average Bonchev–Trinajstić information content (AvgIpc) is 3.18. The van der Waals surface area contributed by atoms with Crippen molar-refractivity contribution in [2.75, 3.05) is 21.3 Å². The smallest absolute Gasteiger partial charge is 0.258 e. The highest BCUT2D eigenvalue weighted by Crippen LogP contribution is 2.32. The van der Waals surface area contributed by atoms with E-state index >= 15 is 0 Å². The molecule has 0 aliphatic carbocycles. The summed E-state index contributed by atoms with van der Waals surface area (Å²) in [5.74, 6) is -3.77. The molecule has 0 aliphatic heterocycles. The van der Waals surface area contributed by atoms with Crippen molar-refractivity contribution in [1.82, 2.24) is 0 Å². The van der Waals surface area contributed by atoms with E-state index in [4.69, 9.17) is 23.2 Å². The van der Waals surface area contributed by atoms with E-state index in [9.17, 15) is 28.8 Å². The summed E-state index contributed by atoms with van der Waals surface area (Å²) in [7, 11) is 0. The van der Waals surface area contributed by atoms with E-state index in [1.165, 1.54) is 38.1 Å². The summed E-state index contributed by atoms with van der Waals surface area (Å²) in [6, 6.07) is 26.6. The lowest BCUT2D eigenvalue weighted by molar-refractivity contribution is -0.127. The van der Waals surface area contributed by atoms with Gasteiger partial charge in [-0.3, -0.25) is 28.8 Å². The zero-order valence-corrected chi connectivity index (χ0v) is 33.1. The molecule has 0 saturated carbocycles. The number of ketones is 2. The van der Waals surface area contributed by atoms with Crippen LogP contribution in [0.25, 0.3) is 0 Å². The zero-order valence-electron chi connectivity index (χ0n) is 31.5. The number of rotatable bonds is 14. The monoisotopic (exact) mass is 818 g/mol. The molecule has 294 valence electrons. The number of azo groups is 2. The Kier molecular flexibility index (Phi) is 14.1. The second-order valence-corrected chi connectivity index (χ2v) is 13.6. The number of anilines is 4. The fourth-order valence-electron chi connectivity index (χ4n) is 5.35. The molecule has 16 heteroatoms. The molecule has 4 amide bonds. The lowest BCUT2D eigenvalue weighted by Gasteiger charge is -2.16. The Labute approximate surface area is 343 Å². The number of amides is 4. The Hall–Kier alpha value is -6.90. The maximum atomic E-state index is 13.3. The third kappa shape index (κ3) is 10.7. The number of hydrogen-bond acceptors (Lipinski definition) is 10. The fourth-order valence-corrected chi connectivity index (χ4v) is 5.85. The normalized spacial score (nSPS) is 12.1. The molecule has 0 aliphatic rings. The lowest BCUT2D eigenvalue weighted by Crippen LogP contribution is -2.32. The minimum atomic E-state index is -1.56. The van der Waals surface area contributed by atoms with Crippen LogP contribution in [0, 0.1) is 13.8 Å². The predicted molar refractivity (Wildman–Crippen MR) is 223 cm³/mol. The lowest BCUT2D eigenvalue weighted by atomic mass is 10.1. The number of Topliss-reactive ketones (excluding diaryl/α,β-unsaturated/α-hetero) is 2. The van der Waals surface area contributed by atoms with Crippen molar-refractivity contribution in [1.29, 1.82) is 0 Å². The Morgan fingerprint density at radius 1 is 0.500 bits per heavy atom. The van der Waals surface area contributed by atoms with Crippen LogP contribution >= 0.6 is 23.2 Å². The van der Waals surface area contributed by atoms with Crippen LogP contribution in [-0.4, -0.2) is 47.3 Å². The maximum Gasteiger partial charge on any atom is 0.258 e. The highest BCUT2D eigenvalue weighted by Gasteiger charge is 2.27. The van der Waals surface area contributed by atoms with Crippen molar-refractivity contribution in [3.63, 3.8) is 0 Å². The molecule has 0 spiro atoms. The molecule has 0 radical (unpaired) electrons. The zero-order chi connectivity index (χ0) is 41.9. The van der Waals surface area contributed by atoms with Crippen LogP contribution < -0.4 is 21.3 Å². The van der Waals surface area contributed by atoms with Crippen LogP contribution in [0.5, 0.6) is 0 Å². The molecule has 0 fully saturated rings. The first-order valence-corrected chi connectivity index (χ1v) is 18.3. The van der Waals surface area contributed by atoms with Gasteiger partial charge in [0.25, 0.3) is 23.6 Å². The first-order chi connectivity index (χ1) is 27.7. The second-order valence-electron chi connectivity index (χ2n) is 12.8. The van der Waals surface area contributed by atoms with Gasteiger partial charge in [0, 0.05) is 22.7 Å². The molecule has 14 nitrogen and oxygen atoms in total. The number of halogens is 2. The molecule has 2 unspecified atom stereocenters. The summed E-state index contributed by atoms with van der Waals surface area (Å²) in [5.41, 5.74) is 3.09. The summed E-state index contributed by atoms with van der Waals surface area (Å²) >= 11 is 13.0. The van der Waals surface area contributed by atoms with E-state index in [1.807, 2.05) is 12.1 Å². The van der Waals surface area contributed by atoms with Gasteiger partial charge >= 0.3 is 0 Å². The van der Waals surface area contributed by atoms with Crippen molar-refractivity contribution in [3.05, 3.63) is 141 Å². The average molecular weight is 820 g/mol. The van der Waals surface area contributed by atoms with Gasteiger partial charge in [-0.25, -0.2) is 0 Å². The third-order valence-electron chi connectivity index (χ3n) is 8.43. The predicted octanol–water partition coefficient (Wildman–Crippen LogP) is 9.47. The molecule has 5 aromatic carbocycles. The molecule has 0 aromatic heterocycles. The van der Waals surface area contributed by atoms with Crippen LogP contribution in [0.2, 0.25) is 10.0 Å². The molecule has 58 heavy (non-hydrogen) atoms. The molecule has 4 N–H and O–H groups in total. The summed E-state index contributed by atoms with van der Waals surface area (Å²) in [5, 5.41) is 26.8. The summed E-state index contributed by atoms with van der Waals surface area (Å²) in [6.07, 6.45) is 0. The molecule has 0 heterocycles. The van der Waals surface area contributed by atoms with Crippen molar-refractivity contribution >= 4 is 92.5 Å². The van der Waals surface area contributed by atoms with Gasteiger partial charge in [-0.1, -0.05) is 71.7 Å². The van der Waals surface area contributed by atoms with Gasteiger partial charge in [0.2, 0.25) is 12.1 Å². The van der Waals surface area contributed by atoms with Crippen LogP contribution in [0.1, 0.15) is 45.7 Å². The van der Waals surface area contributed by atoms with E-state index in [1.54, 1.807) is 86.6 Å². The fraction of sp³-hybridized carbons (Fsp3) is 0.143. The van der Waals surface area contributed by atoms with E-state index in [0.29, 0.717) is 33.9 Å². The summed E-state index contributed by atoms with van der Waals surface area (Å²) < 4.78 is 0.